The van der Waals surface area contributed by atoms with Gasteiger partial charge in [0.2, 0.25) is 5.91 Å². The fourth-order valence-corrected chi connectivity index (χ4v) is 4.74. The second-order valence-electron chi connectivity index (χ2n) is 9.34. The Bertz CT molecular complexity index is 506. The van der Waals surface area contributed by atoms with Gasteiger partial charge in [-0.2, -0.15) is 0 Å². The number of amides is 1. The average molecular weight is 321 g/mol. The van der Waals surface area contributed by atoms with Crippen LogP contribution >= 0.6 is 0 Å². The Balaban J connectivity index is 1.67. The third kappa shape index (κ3) is 2.46. The van der Waals surface area contributed by atoms with E-state index < -0.39 is 0 Å². The smallest absolute Gasteiger partial charge is 0.404 e. The topological polar surface area (TPSA) is 47.6 Å². The first-order valence-corrected chi connectivity index (χ1v) is 9.16. The highest BCUT2D eigenvalue weighted by atomic mass is 16.7. The van der Waals surface area contributed by atoms with Gasteiger partial charge in [-0.05, 0) is 50.4 Å². The standard InChI is InChI=1S/C18H32BNO3/c1-8-16(3,4)15(21)20-11(2)19-22-14-10-12-9-13(17(12,5)6)18(14,7)23-19/h11-14H,8-10H2,1-7H3,(H,20,21)/t11-,12-,13-,14+,18-/m0/s1. The maximum Gasteiger partial charge on any atom is 0.481 e. The Morgan fingerprint density at radius 3 is 2.57 bits per heavy atom. The van der Waals surface area contributed by atoms with Crippen molar-refractivity contribution in [1.82, 2.24) is 5.32 Å². The van der Waals surface area contributed by atoms with Crippen molar-refractivity contribution in [3.63, 3.8) is 0 Å². The molecule has 130 valence electrons. The Hall–Kier alpha value is -0.545. The van der Waals surface area contributed by atoms with Crippen molar-refractivity contribution < 1.29 is 14.1 Å². The highest BCUT2D eigenvalue weighted by Crippen LogP contribution is 2.65. The molecule has 1 amide bonds. The molecule has 5 heteroatoms. The molecule has 0 radical (unpaired) electrons. The molecule has 1 heterocycles. The van der Waals surface area contributed by atoms with Crippen LogP contribution < -0.4 is 5.32 Å². The molecule has 4 fully saturated rings. The summed E-state index contributed by atoms with van der Waals surface area (Å²) in [4.78, 5) is 12.4. The molecular weight excluding hydrogens is 289 g/mol. The SMILES string of the molecule is CCC(C)(C)C(=O)N[C@@H](C)B1O[C@@H]2C[C@@H]3C[C@@H](C3(C)C)[C@]2(C)O1. The van der Waals surface area contributed by atoms with Gasteiger partial charge in [0.05, 0.1) is 17.6 Å². The second kappa shape index (κ2) is 5.22. The lowest BCUT2D eigenvalue weighted by atomic mass is 9.43. The summed E-state index contributed by atoms with van der Waals surface area (Å²) in [5.74, 6) is 1.25. The molecule has 0 aromatic rings. The predicted octanol–water partition coefficient (Wildman–Crippen LogP) is 3.19. The molecule has 1 N–H and O–H groups in total. The summed E-state index contributed by atoms with van der Waals surface area (Å²) in [6.45, 7) is 14.9. The fourth-order valence-electron chi connectivity index (χ4n) is 4.74. The highest BCUT2D eigenvalue weighted by Gasteiger charge is 2.68. The maximum absolute atomic E-state index is 12.4. The van der Waals surface area contributed by atoms with E-state index in [0.717, 1.165) is 18.8 Å². The van der Waals surface area contributed by atoms with E-state index in [0.29, 0.717) is 11.3 Å². The molecule has 4 aliphatic rings. The summed E-state index contributed by atoms with van der Waals surface area (Å²) in [6.07, 6.45) is 3.32. The lowest BCUT2D eigenvalue weighted by Crippen LogP contribution is -2.65. The zero-order chi connectivity index (χ0) is 17.2. The van der Waals surface area contributed by atoms with E-state index in [9.17, 15) is 4.79 Å². The van der Waals surface area contributed by atoms with Crippen LogP contribution in [-0.2, 0) is 14.1 Å². The Labute approximate surface area is 141 Å². The minimum Gasteiger partial charge on any atom is -0.404 e. The van der Waals surface area contributed by atoms with Crippen LogP contribution in [0.4, 0.5) is 0 Å². The van der Waals surface area contributed by atoms with E-state index in [1.807, 2.05) is 27.7 Å². The number of carbonyl (C=O) groups excluding carboxylic acids is 1. The number of rotatable bonds is 4. The Kier molecular flexibility index (Phi) is 3.93. The van der Waals surface area contributed by atoms with Gasteiger partial charge in [-0.25, -0.2) is 0 Å². The van der Waals surface area contributed by atoms with Crippen LogP contribution in [0.5, 0.6) is 0 Å². The van der Waals surface area contributed by atoms with Crippen LogP contribution in [0.15, 0.2) is 0 Å². The van der Waals surface area contributed by atoms with Gasteiger partial charge in [0, 0.05) is 5.41 Å². The Morgan fingerprint density at radius 2 is 2.00 bits per heavy atom. The van der Waals surface area contributed by atoms with E-state index in [4.69, 9.17) is 9.31 Å². The van der Waals surface area contributed by atoms with Crippen molar-refractivity contribution in [2.75, 3.05) is 0 Å². The monoisotopic (exact) mass is 321 g/mol. The van der Waals surface area contributed by atoms with Gasteiger partial charge >= 0.3 is 7.12 Å². The summed E-state index contributed by atoms with van der Waals surface area (Å²) in [5.41, 5.74) is -0.213. The van der Waals surface area contributed by atoms with Crippen LogP contribution in [0, 0.1) is 22.7 Å². The molecular formula is C18H32BNO3. The van der Waals surface area contributed by atoms with E-state index in [1.54, 1.807) is 0 Å². The lowest BCUT2D eigenvalue weighted by molar-refractivity contribution is -0.199. The van der Waals surface area contributed by atoms with Crippen molar-refractivity contribution in [3.05, 3.63) is 0 Å². The van der Waals surface area contributed by atoms with E-state index in [2.05, 4.69) is 26.1 Å². The first-order chi connectivity index (χ1) is 10.5. The van der Waals surface area contributed by atoms with E-state index in [-0.39, 0.29) is 36.1 Å². The zero-order valence-corrected chi connectivity index (χ0v) is 15.7. The largest absolute Gasteiger partial charge is 0.481 e. The van der Waals surface area contributed by atoms with Crippen LogP contribution in [0.1, 0.15) is 67.7 Å². The maximum atomic E-state index is 12.4. The molecule has 3 saturated carbocycles. The molecule has 5 atom stereocenters. The highest BCUT2D eigenvalue weighted by molar-refractivity contribution is 6.47. The number of hydrogen-bond donors (Lipinski definition) is 1. The van der Waals surface area contributed by atoms with Crippen molar-refractivity contribution in [3.8, 4) is 0 Å². The molecule has 3 aliphatic carbocycles. The molecule has 1 saturated heterocycles. The van der Waals surface area contributed by atoms with Gasteiger partial charge in [0.1, 0.15) is 0 Å². The molecule has 23 heavy (non-hydrogen) atoms. The summed E-state index contributed by atoms with van der Waals surface area (Å²) < 4.78 is 12.6. The minimum atomic E-state index is -0.354. The predicted molar refractivity (Wildman–Crippen MR) is 91.8 cm³/mol. The van der Waals surface area contributed by atoms with Gasteiger partial charge in [0.15, 0.2) is 0 Å². The van der Waals surface area contributed by atoms with E-state index >= 15 is 0 Å². The van der Waals surface area contributed by atoms with Gasteiger partial charge in [-0.1, -0.05) is 34.6 Å². The van der Waals surface area contributed by atoms with Gasteiger partial charge in [-0.3, -0.25) is 4.79 Å². The molecule has 0 spiro atoms. The molecule has 4 nitrogen and oxygen atoms in total. The number of carbonyl (C=O) groups is 1. The van der Waals surface area contributed by atoms with E-state index in [1.165, 1.54) is 6.42 Å². The molecule has 0 aromatic carbocycles. The van der Waals surface area contributed by atoms with Crippen LogP contribution in [-0.4, -0.2) is 30.7 Å². The third-order valence-electron chi connectivity index (χ3n) is 7.23. The summed E-state index contributed by atoms with van der Waals surface area (Å²) >= 11 is 0. The first-order valence-electron chi connectivity index (χ1n) is 9.16. The van der Waals surface area contributed by atoms with Crippen molar-refractivity contribution in [2.45, 2.75) is 85.4 Å². The summed E-state index contributed by atoms with van der Waals surface area (Å²) in [6, 6.07) is 0. The van der Waals surface area contributed by atoms with Gasteiger partial charge in [-0.15, -0.1) is 0 Å². The minimum absolute atomic E-state index is 0.0735. The number of nitrogens with one attached hydrogen (secondary N) is 1. The molecule has 4 rings (SSSR count). The fraction of sp³-hybridized carbons (Fsp3) is 0.944. The molecule has 1 aliphatic heterocycles. The number of hydrogen-bond acceptors (Lipinski definition) is 3. The third-order valence-corrected chi connectivity index (χ3v) is 7.23. The average Bonchev–Trinajstić information content (AvgIpc) is 2.83. The van der Waals surface area contributed by atoms with Crippen LogP contribution in [0.25, 0.3) is 0 Å². The summed E-state index contributed by atoms with van der Waals surface area (Å²) in [7, 11) is -0.336. The molecule has 2 bridgehead atoms. The van der Waals surface area contributed by atoms with Gasteiger partial charge < -0.3 is 14.6 Å². The normalized spacial score (nSPS) is 39.4. The van der Waals surface area contributed by atoms with Crippen LogP contribution in [0.3, 0.4) is 0 Å². The Morgan fingerprint density at radius 1 is 1.35 bits per heavy atom. The first kappa shape index (κ1) is 17.3. The molecule has 0 unspecified atom stereocenters. The molecule has 0 aromatic heterocycles. The second-order valence-corrected chi connectivity index (χ2v) is 9.34. The lowest BCUT2D eigenvalue weighted by Gasteiger charge is -2.64. The quantitative estimate of drug-likeness (QED) is 0.809. The summed E-state index contributed by atoms with van der Waals surface area (Å²) in [5, 5.41) is 3.10. The van der Waals surface area contributed by atoms with Crippen molar-refractivity contribution >= 4 is 13.0 Å². The zero-order valence-electron chi connectivity index (χ0n) is 15.7. The van der Waals surface area contributed by atoms with Crippen LogP contribution in [0.2, 0.25) is 0 Å². The van der Waals surface area contributed by atoms with Gasteiger partial charge in [0.25, 0.3) is 0 Å². The van der Waals surface area contributed by atoms with Crippen molar-refractivity contribution in [2.24, 2.45) is 22.7 Å². The van der Waals surface area contributed by atoms with Crippen molar-refractivity contribution in [1.29, 1.82) is 0 Å².